The maximum atomic E-state index is 11.9. The van der Waals surface area contributed by atoms with Gasteiger partial charge in [0.25, 0.3) is 5.91 Å². The van der Waals surface area contributed by atoms with E-state index in [0.29, 0.717) is 10.8 Å². The highest BCUT2D eigenvalue weighted by Crippen LogP contribution is 2.31. The summed E-state index contributed by atoms with van der Waals surface area (Å²) in [6.45, 7) is 4.13. The maximum absolute atomic E-state index is 11.9. The highest BCUT2D eigenvalue weighted by Gasteiger charge is 2.10. The number of rotatable bonds is 6. The third kappa shape index (κ3) is 3.88. The van der Waals surface area contributed by atoms with Gasteiger partial charge in [-0.05, 0) is 25.0 Å². The number of benzene rings is 2. The van der Waals surface area contributed by atoms with Gasteiger partial charge in [0.05, 0.1) is 0 Å². The second-order valence-electron chi connectivity index (χ2n) is 4.96. The van der Waals surface area contributed by atoms with Crippen molar-refractivity contribution in [2.45, 2.75) is 32.7 Å². The molecule has 0 fully saturated rings. The van der Waals surface area contributed by atoms with Crippen LogP contribution in [0.1, 0.15) is 26.7 Å². The summed E-state index contributed by atoms with van der Waals surface area (Å²) in [4.78, 5) is 11.9. The lowest BCUT2D eigenvalue weighted by Crippen LogP contribution is -2.37. The molecule has 0 aliphatic rings. The molecule has 0 aliphatic carbocycles. The van der Waals surface area contributed by atoms with Gasteiger partial charge in [-0.3, -0.25) is 4.79 Å². The number of fused-ring (bicyclic) bond motifs is 1. The number of carbonyl (C=O) groups is 1. The number of hydrogen-bond donors (Lipinski definition) is 1. The summed E-state index contributed by atoms with van der Waals surface area (Å²) in [6.07, 6.45) is 1.85. The van der Waals surface area contributed by atoms with Gasteiger partial charge in [0.2, 0.25) is 0 Å². The fraction of sp³-hybridized carbons (Fsp3) is 0.353. The Morgan fingerprint density at radius 1 is 1.14 bits per heavy atom. The largest absolute Gasteiger partial charge is 0.483 e. The Bertz CT molecular complexity index is 623. The monoisotopic (exact) mass is 305 g/mol. The second-order valence-corrected chi connectivity index (χ2v) is 5.37. The number of ether oxygens (including phenoxy) is 1. The Labute approximate surface area is 130 Å². The van der Waals surface area contributed by atoms with E-state index in [0.717, 1.165) is 23.6 Å². The lowest BCUT2D eigenvalue weighted by atomic mass is 10.1. The van der Waals surface area contributed by atoms with Crippen LogP contribution in [0.25, 0.3) is 10.8 Å². The Hall–Kier alpha value is -1.74. The molecular formula is C17H20ClNO2. The van der Waals surface area contributed by atoms with Gasteiger partial charge in [0, 0.05) is 21.8 Å². The zero-order valence-corrected chi connectivity index (χ0v) is 13.1. The lowest BCUT2D eigenvalue weighted by Gasteiger charge is -2.15. The molecular weight excluding hydrogens is 286 g/mol. The van der Waals surface area contributed by atoms with Gasteiger partial charge in [0.15, 0.2) is 6.61 Å². The van der Waals surface area contributed by atoms with E-state index >= 15 is 0 Å². The van der Waals surface area contributed by atoms with E-state index in [9.17, 15) is 4.79 Å². The van der Waals surface area contributed by atoms with E-state index < -0.39 is 0 Å². The van der Waals surface area contributed by atoms with Gasteiger partial charge in [-0.15, -0.1) is 0 Å². The summed E-state index contributed by atoms with van der Waals surface area (Å²) in [6, 6.07) is 11.5. The van der Waals surface area contributed by atoms with Crippen LogP contribution in [0.5, 0.6) is 5.75 Å². The van der Waals surface area contributed by atoms with Crippen molar-refractivity contribution in [1.82, 2.24) is 5.32 Å². The van der Waals surface area contributed by atoms with Crippen LogP contribution in [0.15, 0.2) is 36.4 Å². The molecule has 0 spiro atoms. The molecule has 2 rings (SSSR count). The Morgan fingerprint density at radius 2 is 1.81 bits per heavy atom. The number of hydrogen-bond acceptors (Lipinski definition) is 2. The molecule has 21 heavy (non-hydrogen) atoms. The highest BCUT2D eigenvalue weighted by molar-refractivity contribution is 6.35. The van der Waals surface area contributed by atoms with Gasteiger partial charge in [-0.25, -0.2) is 0 Å². The standard InChI is InChI=1S/C17H20ClNO2/c1-3-12(4-2)19-17(20)11-21-16-10-9-15(18)13-7-5-6-8-14(13)16/h5-10,12H,3-4,11H2,1-2H3,(H,19,20). The summed E-state index contributed by atoms with van der Waals surface area (Å²) in [5.41, 5.74) is 0. The van der Waals surface area contributed by atoms with Crippen molar-refractivity contribution in [2.75, 3.05) is 6.61 Å². The molecule has 3 nitrogen and oxygen atoms in total. The Morgan fingerprint density at radius 3 is 2.48 bits per heavy atom. The second kappa shape index (κ2) is 7.32. The molecule has 0 aliphatic heterocycles. The van der Waals surface area contributed by atoms with Crippen LogP contribution >= 0.6 is 11.6 Å². The molecule has 0 radical (unpaired) electrons. The molecule has 0 atom stereocenters. The molecule has 0 unspecified atom stereocenters. The molecule has 0 saturated heterocycles. The van der Waals surface area contributed by atoms with E-state index in [-0.39, 0.29) is 18.6 Å². The minimum atomic E-state index is -0.0947. The number of halogens is 1. The van der Waals surface area contributed by atoms with Crippen LogP contribution < -0.4 is 10.1 Å². The summed E-state index contributed by atoms with van der Waals surface area (Å²) in [7, 11) is 0. The molecule has 2 aromatic carbocycles. The third-order valence-electron chi connectivity index (χ3n) is 3.54. The molecule has 0 saturated carbocycles. The predicted octanol–water partition coefficient (Wildman–Crippen LogP) is 4.18. The molecule has 1 N–H and O–H groups in total. The first-order valence-electron chi connectivity index (χ1n) is 7.25. The van der Waals surface area contributed by atoms with Crippen molar-refractivity contribution in [1.29, 1.82) is 0 Å². The van der Waals surface area contributed by atoms with Crippen molar-refractivity contribution in [3.63, 3.8) is 0 Å². The number of nitrogens with one attached hydrogen (secondary N) is 1. The molecule has 112 valence electrons. The van der Waals surface area contributed by atoms with E-state index in [1.165, 1.54) is 0 Å². The SMILES string of the molecule is CCC(CC)NC(=O)COc1ccc(Cl)c2ccccc12. The molecule has 2 aromatic rings. The van der Waals surface area contributed by atoms with Gasteiger partial charge in [0.1, 0.15) is 5.75 Å². The van der Waals surface area contributed by atoms with Crippen LogP contribution in [0, 0.1) is 0 Å². The molecule has 0 bridgehead atoms. The zero-order chi connectivity index (χ0) is 15.2. The molecule has 0 heterocycles. The van der Waals surface area contributed by atoms with Crippen LogP contribution in [0.3, 0.4) is 0 Å². The van der Waals surface area contributed by atoms with Crippen LogP contribution in [-0.4, -0.2) is 18.6 Å². The predicted molar refractivity (Wildman–Crippen MR) is 87.0 cm³/mol. The van der Waals surface area contributed by atoms with E-state index in [4.69, 9.17) is 16.3 Å². The van der Waals surface area contributed by atoms with Crippen molar-refractivity contribution < 1.29 is 9.53 Å². The average molecular weight is 306 g/mol. The van der Waals surface area contributed by atoms with Gasteiger partial charge in [-0.1, -0.05) is 49.7 Å². The first-order valence-corrected chi connectivity index (χ1v) is 7.62. The topological polar surface area (TPSA) is 38.3 Å². The summed E-state index contributed by atoms with van der Waals surface area (Å²) in [5, 5.41) is 5.48. The van der Waals surface area contributed by atoms with Crippen LogP contribution in [0.2, 0.25) is 5.02 Å². The average Bonchev–Trinajstić information content (AvgIpc) is 2.52. The zero-order valence-electron chi connectivity index (χ0n) is 12.4. The lowest BCUT2D eigenvalue weighted by molar-refractivity contribution is -0.123. The molecule has 0 aromatic heterocycles. The number of carbonyl (C=O) groups excluding carboxylic acids is 1. The van der Waals surface area contributed by atoms with Gasteiger partial charge < -0.3 is 10.1 Å². The third-order valence-corrected chi connectivity index (χ3v) is 3.87. The minimum Gasteiger partial charge on any atom is -0.483 e. The van der Waals surface area contributed by atoms with Gasteiger partial charge >= 0.3 is 0 Å². The van der Waals surface area contributed by atoms with E-state index in [2.05, 4.69) is 19.2 Å². The molecule has 4 heteroatoms. The highest BCUT2D eigenvalue weighted by atomic mass is 35.5. The van der Waals surface area contributed by atoms with Crippen molar-refractivity contribution in [3.05, 3.63) is 41.4 Å². The van der Waals surface area contributed by atoms with Gasteiger partial charge in [-0.2, -0.15) is 0 Å². The number of amides is 1. The smallest absolute Gasteiger partial charge is 0.258 e. The molecule has 1 amide bonds. The van der Waals surface area contributed by atoms with E-state index in [1.807, 2.05) is 24.3 Å². The normalized spacial score (nSPS) is 10.9. The summed E-state index contributed by atoms with van der Waals surface area (Å²) >= 11 is 6.16. The first kappa shape index (κ1) is 15.6. The van der Waals surface area contributed by atoms with Crippen LogP contribution in [0.4, 0.5) is 0 Å². The van der Waals surface area contributed by atoms with Crippen molar-refractivity contribution >= 4 is 28.3 Å². The fourth-order valence-corrected chi connectivity index (χ4v) is 2.49. The van der Waals surface area contributed by atoms with Crippen LogP contribution in [-0.2, 0) is 4.79 Å². The van der Waals surface area contributed by atoms with Crippen molar-refractivity contribution in [2.24, 2.45) is 0 Å². The van der Waals surface area contributed by atoms with Crippen molar-refractivity contribution in [3.8, 4) is 5.75 Å². The minimum absolute atomic E-state index is 0.0160. The Kier molecular flexibility index (Phi) is 5.45. The Balaban J connectivity index is 2.07. The summed E-state index contributed by atoms with van der Waals surface area (Å²) < 4.78 is 5.66. The quantitative estimate of drug-likeness (QED) is 0.869. The summed E-state index contributed by atoms with van der Waals surface area (Å²) in [5.74, 6) is 0.581. The first-order chi connectivity index (χ1) is 10.2. The maximum Gasteiger partial charge on any atom is 0.258 e. The van der Waals surface area contributed by atoms with E-state index in [1.54, 1.807) is 12.1 Å². The fourth-order valence-electron chi connectivity index (χ4n) is 2.27.